The summed E-state index contributed by atoms with van der Waals surface area (Å²) in [4.78, 5) is 50.1. The second-order valence-electron chi connectivity index (χ2n) is 8.52. The standard InChI is InChI=1S/C26H25FN4O6S/c1-3-36-23(33)14-31-24(34)22(29-25(31)38)10-16-4-6-17(7-5-16)20-9-8-18(11-21(20)27)30-13-19(37-26(30)35)12-28-15(2)32/h4-11,19H,3,12-14H2,1-2H3,(H,28,32)(H,29,38)/b22-10-/t19-/m0/s1. The van der Waals surface area contributed by atoms with Gasteiger partial charge in [0.05, 0.1) is 25.4 Å². The first-order valence-electron chi connectivity index (χ1n) is 11.8. The van der Waals surface area contributed by atoms with E-state index in [-0.39, 0.29) is 43.0 Å². The smallest absolute Gasteiger partial charge is 0.414 e. The molecule has 1 atom stereocenters. The molecule has 0 bridgehead atoms. The van der Waals surface area contributed by atoms with Crippen LogP contribution in [0.15, 0.2) is 48.2 Å². The van der Waals surface area contributed by atoms with Gasteiger partial charge in [0.25, 0.3) is 5.91 Å². The van der Waals surface area contributed by atoms with E-state index >= 15 is 4.39 Å². The molecule has 2 aromatic carbocycles. The van der Waals surface area contributed by atoms with Gasteiger partial charge < -0.3 is 20.1 Å². The maximum atomic E-state index is 15.0. The number of halogens is 1. The van der Waals surface area contributed by atoms with Crippen molar-refractivity contribution in [3.8, 4) is 11.1 Å². The SMILES string of the molecule is CCOC(=O)CN1C(=O)/C(=C/c2ccc(-c3ccc(N4C[C@H](CNC(C)=O)OC4=O)cc3F)cc2)NC1=S. The van der Waals surface area contributed by atoms with Crippen LogP contribution in [0.2, 0.25) is 0 Å². The van der Waals surface area contributed by atoms with Crippen molar-refractivity contribution in [2.24, 2.45) is 0 Å². The molecule has 4 rings (SSSR count). The Balaban J connectivity index is 1.44. The minimum atomic E-state index is -0.611. The highest BCUT2D eigenvalue weighted by atomic mass is 32.1. The number of esters is 1. The van der Waals surface area contributed by atoms with Crippen molar-refractivity contribution in [3.63, 3.8) is 0 Å². The van der Waals surface area contributed by atoms with Crippen molar-refractivity contribution < 1.29 is 33.0 Å². The number of cyclic esters (lactones) is 1. The average Bonchev–Trinajstić information content (AvgIpc) is 3.37. The number of benzene rings is 2. The molecule has 38 heavy (non-hydrogen) atoms. The highest BCUT2D eigenvalue weighted by Crippen LogP contribution is 2.29. The third-order valence-corrected chi connectivity index (χ3v) is 6.13. The molecular weight excluding hydrogens is 515 g/mol. The predicted octanol–water partition coefficient (Wildman–Crippen LogP) is 2.57. The highest BCUT2D eigenvalue weighted by molar-refractivity contribution is 7.80. The van der Waals surface area contributed by atoms with Crippen LogP contribution in [0.5, 0.6) is 0 Å². The molecule has 12 heteroatoms. The zero-order valence-electron chi connectivity index (χ0n) is 20.7. The number of ether oxygens (including phenoxy) is 2. The minimum Gasteiger partial charge on any atom is -0.465 e. The lowest BCUT2D eigenvalue weighted by molar-refractivity contribution is -0.145. The largest absolute Gasteiger partial charge is 0.465 e. The van der Waals surface area contributed by atoms with Crippen LogP contribution < -0.4 is 15.5 Å². The summed E-state index contributed by atoms with van der Waals surface area (Å²) in [5.74, 6) is -1.77. The Morgan fingerprint density at radius 2 is 1.97 bits per heavy atom. The van der Waals surface area contributed by atoms with E-state index in [1.54, 1.807) is 49.4 Å². The van der Waals surface area contributed by atoms with Crippen LogP contribution in [-0.4, -0.2) is 66.2 Å². The number of nitrogens with zero attached hydrogens (tertiary/aromatic N) is 2. The second-order valence-corrected chi connectivity index (χ2v) is 8.91. The van der Waals surface area contributed by atoms with Crippen LogP contribution in [0.3, 0.4) is 0 Å². The van der Waals surface area contributed by atoms with Crippen LogP contribution in [0.4, 0.5) is 14.9 Å². The molecular formula is C26H25FN4O6S. The molecule has 2 heterocycles. The Labute approximate surface area is 223 Å². The molecule has 2 fully saturated rings. The third-order valence-electron chi connectivity index (χ3n) is 5.80. The number of hydrogen-bond donors (Lipinski definition) is 2. The number of hydrogen-bond acceptors (Lipinski definition) is 7. The van der Waals surface area contributed by atoms with Crippen LogP contribution in [0, 0.1) is 5.82 Å². The average molecular weight is 541 g/mol. The first-order valence-corrected chi connectivity index (χ1v) is 12.2. The Hall–Kier alpha value is -4.32. The van der Waals surface area contributed by atoms with E-state index in [1.165, 1.54) is 17.9 Å². The normalized spacial score (nSPS) is 18.0. The molecule has 3 amide bonds. The zero-order chi connectivity index (χ0) is 27.4. The summed E-state index contributed by atoms with van der Waals surface area (Å²) >= 11 is 5.15. The van der Waals surface area contributed by atoms with Crippen molar-refractivity contribution in [2.45, 2.75) is 20.0 Å². The van der Waals surface area contributed by atoms with Crippen molar-refractivity contribution in [1.29, 1.82) is 0 Å². The van der Waals surface area contributed by atoms with Crippen LogP contribution >= 0.6 is 12.2 Å². The summed E-state index contributed by atoms with van der Waals surface area (Å²) < 4.78 is 25.1. The molecule has 10 nitrogen and oxygen atoms in total. The molecule has 2 aliphatic rings. The predicted molar refractivity (Wildman–Crippen MR) is 140 cm³/mol. The molecule has 2 N–H and O–H groups in total. The van der Waals surface area contributed by atoms with E-state index in [0.29, 0.717) is 22.4 Å². The summed E-state index contributed by atoms with van der Waals surface area (Å²) in [5.41, 5.74) is 2.13. The van der Waals surface area contributed by atoms with Gasteiger partial charge in [0.2, 0.25) is 5.91 Å². The van der Waals surface area contributed by atoms with Gasteiger partial charge in [0, 0.05) is 12.5 Å². The Morgan fingerprint density at radius 3 is 2.63 bits per heavy atom. The van der Waals surface area contributed by atoms with Gasteiger partial charge in [-0.3, -0.25) is 24.2 Å². The lowest BCUT2D eigenvalue weighted by atomic mass is 10.0. The van der Waals surface area contributed by atoms with Crippen LogP contribution in [-0.2, 0) is 23.9 Å². The molecule has 2 aromatic rings. The fraction of sp³-hybridized carbons (Fsp3) is 0.269. The number of anilines is 1. The maximum absolute atomic E-state index is 15.0. The number of rotatable bonds is 8. The van der Waals surface area contributed by atoms with E-state index < -0.39 is 29.9 Å². The van der Waals surface area contributed by atoms with Crippen molar-refractivity contribution in [1.82, 2.24) is 15.5 Å². The molecule has 2 saturated heterocycles. The van der Waals surface area contributed by atoms with Gasteiger partial charge in [-0.25, -0.2) is 9.18 Å². The van der Waals surface area contributed by atoms with E-state index in [2.05, 4.69) is 10.6 Å². The molecule has 0 radical (unpaired) electrons. The molecule has 198 valence electrons. The minimum absolute atomic E-state index is 0.108. The summed E-state index contributed by atoms with van der Waals surface area (Å²) in [6.45, 7) is 3.32. The van der Waals surface area contributed by atoms with Gasteiger partial charge in [0.15, 0.2) is 5.11 Å². The Morgan fingerprint density at radius 1 is 1.24 bits per heavy atom. The maximum Gasteiger partial charge on any atom is 0.414 e. The molecule has 0 aliphatic carbocycles. The molecule has 2 aliphatic heterocycles. The fourth-order valence-electron chi connectivity index (χ4n) is 3.98. The van der Waals surface area contributed by atoms with Gasteiger partial charge in [0.1, 0.15) is 24.2 Å². The van der Waals surface area contributed by atoms with Gasteiger partial charge in [-0.2, -0.15) is 0 Å². The number of amides is 3. The first kappa shape index (κ1) is 26.7. The summed E-state index contributed by atoms with van der Waals surface area (Å²) in [6.07, 6.45) is 0.447. The number of carbonyl (C=O) groups is 4. The summed E-state index contributed by atoms with van der Waals surface area (Å²) in [7, 11) is 0. The monoisotopic (exact) mass is 540 g/mol. The summed E-state index contributed by atoms with van der Waals surface area (Å²) in [6, 6.07) is 11.3. The number of thiocarbonyl (C=S) groups is 1. The Bertz CT molecular complexity index is 1330. The van der Waals surface area contributed by atoms with Crippen molar-refractivity contribution in [3.05, 3.63) is 59.5 Å². The molecule has 0 aromatic heterocycles. The molecule has 0 unspecified atom stereocenters. The van der Waals surface area contributed by atoms with E-state index in [0.717, 1.165) is 4.90 Å². The lowest BCUT2D eigenvalue weighted by Crippen LogP contribution is -2.36. The lowest BCUT2D eigenvalue weighted by Gasteiger charge is -2.14. The van der Waals surface area contributed by atoms with Gasteiger partial charge in [-0.15, -0.1) is 0 Å². The molecule has 0 saturated carbocycles. The molecule has 0 spiro atoms. The quantitative estimate of drug-likeness (QED) is 0.298. The van der Waals surface area contributed by atoms with Gasteiger partial charge in [-0.1, -0.05) is 24.3 Å². The van der Waals surface area contributed by atoms with Crippen molar-refractivity contribution >= 4 is 53.0 Å². The van der Waals surface area contributed by atoms with E-state index in [9.17, 15) is 19.2 Å². The first-order chi connectivity index (χ1) is 18.2. The zero-order valence-corrected chi connectivity index (χ0v) is 21.5. The second kappa shape index (κ2) is 11.4. The van der Waals surface area contributed by atoms with Crippen LogP contribution in [0.1, 0.15) is 19.4 Å². The highest BCUT2D eigenvalue weighted by Gasteiger charge is 2.33. The van der Waals surface area contributed by atoms with Gasteiger partial charge in [-0.05, 0) is 54.5 Å². The third kappa shape index (κ3) is 5.97. The summed E-state index contributed by atoms with van der Waals surface area (Å²) in [5, 5.41) is 5.50. The number of nitrogens with one attached hydrogen (secondary N) is 2. The van der Waals surface area contributed by atoms with E-state index in [4.69, 9.17) is 21.7 Å². The fourth-order valence-corrected chi connectivity index (χ4v) is 4.24. The number of carbonyl (C=O) groups excluding carboxylic acids is 4. The Kier molecular flexibility index (Phi) is 8.01. The topological polar surface area (TPSA) is 117 Å². The van der Waals surface area contributed by atoms with Crippen LogP contribution in [0.25, 0.3) is 17.2 Å². The van der Waals surface area contributed by atoms with Gasteiger partial charge >= 0.3 is 12.1 Å². The van der Waals surface area contributed by atoms with E-state index in [1.807, 2.05) is 0 Å². The van der Waals surface area contributed by atoms with Crippen molar-refractivity contribution in [2.75, 3.05) is 31.1 Å².